The monoisotopic (exact) mass is 208 g/mol. The van der Waals surface area contributed by atoms with Crippen molar-refractivity contribution >= 4 is 17.8 Å². The lowest BCUT2D eigenvalue weighted by Crippen LogP contribution is -2.05. The maximum absolute atomic E-state index is 11.7. The van der Waals surface area contributed by atoms with Gasteiger partial charge in [-0.25, -0.2) is 4.98 Å². The molecule has 1 heterocycles. The molecule has 0 aliphatic rings. The Labute approximate surface area is 77.7 Å². The van der Waals surface area contributed by atoms with Crippen molar-refractivity contribution in [3.63, 3.8) is 0 Å². The first-order valence-corrected chi connectivity index (χ1v) is 4.22. The molecule has 0 saturated carbocycles. The quantitative estimate of drug-likeness (QED) is 0.756. The Morgan fingerprint density at radius 3 is 2.54 bits per heavy atom. The van der Waals surface area contributed by atoms with Crippen LogP contribution in [0.25, 0.3) is 0 Å². The van der Waals surface area contributed by atoms with Crippen LogP contribution in [0.15, 0.2) is 18.3 Å². The predicted octanol–water partition coefficient (Wildman–Crippen LogP) is 2.97. The molecule has 0 aliphatic heterocycles. The predicted molar refractivity (Wildman–Crippen MR) is 46.2 cm³/mol. The van der Waals surface area contributed by atoms with Crippen LogP contribution in [0.4, 0.5) is 19.0 Å². The fourth-order valence-electron chi connectivity index (χ4n) is 0.638. The van der Waals surface area contributed by atoms with E-state index in [0.717, 1.165) is 5.56 Å². The Morgan fingerprint density at radius 2 is 2.08 bits per heavy atom. The second kappa shape index (κ2) is 3.87. The first-order valence-electron chi connectivity index (χ1n) is 3.41. The number of nitrogens with zero attached hydrogens (tertiary/aromatic N) is 1. The van der Waals surface area contributed by atoms with Gasteiger partial charge in [-0.1, -0.05) is 6.07 Å². The van der Waals surface area contributed by atoms with Crippen molar-refractivity contribution in [2.45, 2.75) is 12.4 Å². The summed E-state index contributed by atoms with van der Waals surface area (Å²) in [6, 6.07) is 3.18. The molecule has 1 rings (SSSR count). The zero-order valence-corrected chi connectivity index (χ0v) is 7.54. The summed E-state index contributed by atoms with van der Waals surface area (Å²) >= 11 is -0.320. The minimum atomic E-state index is -4.29. The highest BCUT2D eigenvalue weighted by atomic mass is 32.2. The van der Waals surface area contributed by atoms with Crippen molar-refractivity contribution in [3.8, 4) is 0 Å². The average molecular weight is 208 g/mol. The largest absolute Gasteiger partial charge is 0.461 e. The van der Waals surface area contributed by atoms with E-state index in [1.165, 1.54) is 12.3 Å². The van der Waals surface area contributed by atoms with Gasteiger partial charge in [0.25, 0.3) is 0 Å². The molecule has 1 aromatic heterocycles. The molecule has 0 atom stereocenters. The number of aromatic nitrogens is 1. The molecule has 2 nitrogen and oxygen atoms in total. The molecule has 0 spiro atoms. The normalized spacial score (nSPS) is 11.4. The number of nitrogens with one attached hydrogen (secondary N) is 1. The number of alkyl halides is 3. The molecule has 1 aromatic rings. The smallest absolute Gasteiger partial charge is 0.307 e. The molecule has 13 heavy (non-hydrogen) atoms. The Morgan fingerprint density at radius 1 is 1.38 bits per heavy atom. The Balaban J connectivity index is 2.51. The Bertz CT molecular complexity index is 270. The molecule has 0 saturated heterocycles. The fraction of sp³-hybridized carbons (Fsp3) is 0.286. The molecule has 0 bridgehead atoms. The number of aryl methyl sites for hydroxylation is 1. The maximum Gasteiger partial charge on any atom is 0.461 e. The molecule has 0 aromatic carbocycles. The van der Waals surface area contributed by atoms with Gasteiger partial charge in [-0.15, -0.1) is 0 Å². The van der Waals surface area contributed by atoms with Crippen LogP contribution in [-0.2, 0) is 0 Å². The van der Waals surface area contributed by atoms with Crippen LogP contribution in [0.5, 0.6) is 0 Å². The summed E-state index contributed by atoms with van der Waals surface area (Å²) in [7, 11) is 0. The first-order chi connectivity index (χ1) is 5.97. The van der Waals surface area contributed by atoms with Gasteiger partial charge in [0, 0.05) is 6.20 Å². The van der Waals surface area contributed by atoms with Gasteiger partial charge in [-0.05, 0) is 18.6 Å². The van der Waals surface area contributed by atoms with E-state index in [0.29, 0.717) is 0 Å². The van der Waals surface area contributed by atoms with E-state index >= 15 is 0 Å². The number of rotatable bonds is 2. The molecule has 0 amide bonds. The highest BCUT2D eigenvalue weighted by molar-refractivity contribution is 8.01. The van der Waals surface area contributed by atoms with Crippen LogP contribution in [0.3, 0.4) is 0 Å². The fourth-order valence-corrected chi connectivity index (χ4v) is 0.979. The summed E-state index contributed by atoms with van der Waals surface area (Å²) in [5, 5.41) is 0. The number of halogens is 3. The van der Waals surface area contributed by atoms with Gasteiger partial charge in [0.2, 0.25) is 0 Å². The third-order valence-electron chi connectivity index (χ3n) is 1.18. The average Bonchev–Trinajstić information content (AvgIpc) is 2.02. The van der Waals surface area contributed by atoms with Crippen molar-refractivity contribution in [2.75, 3.05) is 4.72 Å². The van der Waals surface area contributed by atoms with Crippen molar-refractivity contribution < 1.29 is 13.2 Å². The van der Waals surface area contributed by atoms with Gasteiger partial charge in [0.1, 0.15) is 5.82 Å². The van der Waals surface area contributed by atoms with Crippen molar-refractivity contribution in [3.05, 3.63) is 23.9 Å². The first kappa shape index (κ1) is 10.2. The summed E-state index contributed by atoms with van der Waals surface area (Å²) in [5.74, 6) is 0.202. The van der Waals surface area contributed by atoms with E-state index in [1.54, 1.807) is 6.07 Å². The zero-order chi connectivity index (χ0) is 9.90. The summed E-state index contributed by atoms with van der Waals surface area (Å²) in [4.78, 5) is 3.75. The lowest BCUT2D eigenvalue weighted by molar-refractivity contribution is -0.0323. The van der Waals surface area contributed by atoms with Crippen LogP contribution < -0.4 is 4.72 Å². The van der Waals surface area contributed by atoms with Crippen LogP contribution in [-0.4, -0.2) is 10.5 Å². The molecule has 0 unspecified atom stereocenters. The Kier molecular flexibility index (Phi) is 3.02. The molecule has 0 aliphatic carbocycles. The highest BCUT2D eigenvalue weighted by Gasteiger charge is 2.28. The molecule has 0 radical (unpaired) electrons. The standard InChI is InChI=1S/C7H7F3N2S/c1-5-2-3-6(11-4-5)12-13-7(8,9)10/h2-4H,1H3,(H,11,12). The van der Waals surface area contributed by atoms with Crippen LogP contribution >= 0.6 is 11.9 Å². The van der Waals surface area contributed by atoms with Crippen LogP contribution in [0.2, 0.25) is 0 Å². The second-order valence-corrected chi connectivity index (χ2v) is 3.24. The molecule has 0 fully saturated rings. The second-order valence-electron chi connectivity index (χ2n) is 2.37. The van der Waals surface area contributed by atoms with Gasteiger partial charge in [-0.3, -0.25) is 0 Å². The van der Waals surface area contributed by atoms with Gasteiger partial charge in [-0.2, -0.15) is 13.2 Å². The summed E-state index contributed by atoms with van der Waals surface area (Å²) in [6.07, 6.45) is 1.50. The zero-order valence-electron chi connectivity index (χ0n) is 6.72. The van der Waals surface area contributed by atoms with Gasteiger partial charge in [0.15, 0.2) is 0 Å². The number of hydrogen-bond donors (Lipinski definition) is 1. The summed E-state index contributed by atoms with van der Waals surface area (Å²) < 4.78 is 37.2. The van der Waals surface area contributed by atoms with Gasteiger partial charge >= 0.3 is 5.51 Å². The molecule has 6 heteroatoms. The van der Waals surface area contributed by atoms with E-state index < -0.39 is 5.51 Å². The van der Waals surface area contributed by atoms with E-state index in [1.807, 2.05) is 6.92 Å². The molecular formula is C7H7F3N2S. The van der Waals surface area contributed by atoms with E-state index in [2.05, 4.69) is 9.71 Å². The lowest BCUT2D eigenvalue weighted by Gasteiger charge is -2.06. The number of pyridine rings is 1. The van der Waals surface area contributed by atoms with Crippen LogP contribution in [0, 0.1) is 6.92 Å². The topological polar surface area (TPSA) is 24.9 Å². The third kappa shape index (κ3) is 4.02. The Hall–Kier alpha value is -0.910. The molecule has 72 valence electrons. The van der Waals surface area contributed by atoms with Crippen molar-refractivity contribution in [1.82, 2.24) is 4.98 Å². The third-order valence-corrected chi connectivity index (χ3v) is 1.73. The minimum Gasteiger partial charge on any atom is -0.307 e. The van der Waals surface area contributed by atoms with Crippen molar-refractivity contribution in [1.29, 1.82) is 0 Å². The molecular weight excluding hydrogens is 201 g/mol. The van der Waals surface area contributed by atoms with E-state index in [-0.39, 0.29) is 17.8 Å². The minimum absolute atomic E-state index is 0.202. The van der Waals surface area contributed by atoms with E-state index in [4.69, 9.17) is 0 Å². The van der Waals surface area contributed by atoms with Crippen LogP contribution in [0.1, 0.15) is 5.56 Å². The summed E-state index contributed by atoms with van der Waals surface area (Å²) in [6.45, 7) is 1.81. The number of anilines is 1. The number of hydrogen-bond acceptors (Lipinski definition) is 3. The molecule has 1 N–H and O–H groups in total. The lowest BCUT2D eigenvalue weighted by atomic mass is 10.3. The maximum atomic E-state index is 11.7. The van der Waals surface area contributed by atoms with Crippen molar-refractivity contribution in [2.24, 2.45) is 0 Å². The van der Waals surface area contributed by atoms with E-state index in [9.17, 15) is 13.2 Å². The SMILES string of the molecule is Cc1ccc(NSC(F)(F)F)nc1. The summed E-state index contributed by atoms with van der Waals surface area (Å²) in [5.41, 5.74) is -3.38. The highest BCUT2D eigenvalue weighted by Crippen LogP contribution is 2.30. The van der Waals surface area contributed by atoms with Gasteiger partial charge in [0.05, 0.1) is 11.9 Å². The van der Waals surface area contributed by atoms with Gasteiger partial charge < -0.3 is 4.72 Å².